The summed E-state index contributed by atoms with van der Waals surface area (Å²) in [4.78, 5) is 48.3. The third-order valence-electron chi connectivity index (χ3n) is 3.52. The molecule has 0 saturated carbocycles. The van der Waals surface area contributed by atoms with Crippen LogP contribution in [0.1, 0.15) is 34.1 Å². The van der Waals surface area contributed by atoms with Gasteiger partial charge in [0.15, 0.2) is 0 Å². The molecule has 1 aromatic carbocycles. The lowest BCUT2D eigenvalue weighted by Gasteiger charge is -2.16. The number of likely N-dealkylation sites (N-methyl/N-ethyl adjacent to an activating group) is 1. The van der Waals surface area contributed by atoms with Crippen LogP contribution in [0.3, 0.4) is 0 Å². The van der Waals surface area contributed by atoms with Crippen LogP contribution in [-0.2, 0) is 19.2 Å². The average molecular weight is 375 g/mol. The number of hydrogen-bond donors (Lipinski definition) is 3. The number of nitrogens with one attached hydrogen (secondary N) is 3. The topological polar surface area (TPSA) is 120 Å². The van der Waals surface area contributed by atoms with Gasteiger partial charge in [-0.2, -0.15) is 5.10 Å². The summed E-state index contributed by atoms with van der Waals surface area (Å²) in [6.45, 7) is 7.31. The molecule has 1 aromatic rings. The normalized spacial score (nSPS) is 10.7. The number of hydrazone groups is 1. The van der Waals surface area contributed by atoms with Gasteiger partial charge < -0.3 is 15.5 Å². The monoisotopic (exact) mass is 375 g/mol. The van der Waals surface area contributed by atoms with Crippen LogP contribution in [0, 0.1) is 0 Å². The molecule has 0 unspecified atom stereocenters. The van der Waals surface area contributed by atoms with E-state index < -0.39 is 11.8 Å². The number of hydrogen-bond acceptors (Lipinski definition) is 5. The molecule has 0 aliphatic heterocycles. The van der Waals surface area contributed by atoms with Gasteiger partial charge in [0.05, 0.1) is 17.8 Å². The Hall–Kier alpha value is -3.23. The van der Waals surface area contributed by atoms with Crippen molar-refractivity contribution in [3.8, 4) is 0 Å². The van der Waals surface area contributed by atoms with E-state index in [0.717, 1.165) is 0 Å². The van der Waals surface area contributed by atoms with Gasteiger partial charge in [-0.3, -0.25) is 19.2 Å². The number of para-hydroxylation sites is 2. The fraction of sp³-hybridized carbons (Fsp3) is 0.389. The maximum absolute atomic E-state index is 12.1. The number of amides is 4. The van der Waals surface area contributed by atoms with Gasteiger partial charge in [0.2, 0.25) is 11.8 Å². The van der Waals surface area contributed by atoms with E-state index in [-0.39, 0.29) is 18.2 Å². The van der Waals surface area contributed by atoms with Crippen LogP contribution < -0.4 is 16.1 Å². The zero-order chi connectivity index (χ0) is 20.4. The first-order valence-electron chi connectivity index (χ1n) is 8.57. The lowest BCUT2D eigenvalue weighted by molar-refractivity contribution is -0.145. The lowest BCUT2D eigenvalue weighted by atomic mass is 10.2. The van der Waals surface area contributed by atoms with Gasteiger partial charge in [-0.1, -0.05) is 12.1 Å². The molecule has 0 heterocycles. The molecule has 9 heteroatoms. The van der Waals surface area contributed by atoms with Gasteiger partial charge in [0, 0.05) is 25.7 Å². The van der Waals surface area contributed by atoms with Crippen LogP contribution in [0.25, 0.3) is 0 Å². The van der Waals surface area contributed by atoms with E-state index in [4.69, 9.17) is 0 Å². The Bertz CT molecular complexity index is 741. The molecule has 146 valence electrons. The second kappa shape index (κ2) is 10.7. The number of anilines is 2. The van der Waals surface area contributed by atoms with E-state index >= 15 is 0 Å². The third-order valence-corrected chi connectivity index (χ3v) is 3.52. The van der Waals surface area contributed by atoms with E-state index in [9.17, 15) is 19.2 Å². The Morgan fingerprint density at radius 1 is 0.963 bits per heavy atom. The summed E-state index contributed by atoms with van der Waals surface area (Å²) in [5, 5.41) is 9.08. The predicted octanol–water partition coefficient (Wildman–Crippen LogP) is 1.33. The molecule has 9 nitrogen and oxygen atoms in total. The minimum atomic E-state index is -0.852. The highest BCUT2D eigenvalue weighted by Crippen LogP contribution is 2.20. The first-order chi connectivity index (χ1) is 12.8. The second-order valence-electron chi connectivity index (χ2n) is 5.72. The van der Waals surface area contributed by atoms with Gasteiger partial charge >= 0.3 is 11.8 Å². The van der Waals surface area contributed by atoms with E-state index in [0.29, 0.717) is 30.2 Å². The summed E-state index contributed by atoms with van der Waals surface area (Å²) in [6.07, 6.45) is -0.0891. The average Bonchev–Trinajstić information content (AvgIpc) is 2.61. The molecular formula is C18H25N5O4. The zero-order valence-corrected chi connectivity index (χ0v) is 16.0. The Balaban J connectivity index is 2.64. The minimum absolute atomic E-state index is 0.0891. The van der Waals surface area contributed by atoms with Crippen LogP contribution in [0.5, 0.6) is 0 Å². The number of benzene rings is 1. The van der Waals surface area contributed by atoms with E-state index in [2.05, 4.69) is 21.2 Å². The molecule has 4 amide bonds. The van der Waals surface area contributed by atoms with E-state index in [1.807, 2.05) is 0 Å². The largest absolute Gasteiger partial charge is 0.335 e. The Kier molecular flexibility index (Phi) is 8.64. The van der Waals surface area contributed by atoms with Crippen molar-refractivity contribution in [1.29, 1.82) is 0 Å². The molecule has 27 heavy (non-hydrogen) atoms. The maximum atomic E-state index is 12.1. The first kappa shape index (κ1) is 21.8. The van der Waals surface area contributed by atoms with Crippen molar-refractivity contribution in [3.05, 3.63) is 24.3 Å². The Morgan fingerprint density at radius 3 is 2.04 bits per heavy atom. The van der Waals surface area contributed by atoms with Crippen LogP contribution in [0.15, 0.2) is 29.4 Å². The number of carbonyl (C=O) groups is 4. The van der Waals surface area contributed by atoms with Crippen LogP contribution >= 0.6 is 0 Å². The highest BCUT2D eigenvalue weighted by atomic mass is 16.2. The fourth-order valence-electron chi connectivity index (χ4n) is 2.21. The van der Waals surface area contributed by atoms with Crippen molar-refractivity contribution in [1.82, 2.24) is 10.3 Å². The van der Waals surface area contributed by atoms with Crippen molar-refractivity contribution in [3.63, 3.8) is 0 Å². The molecule has 0 radical (unpaired) electrons. The Morgan fingerprint density at radius 2 is 1.52 bits per heavy atom. The maximum Gasteiger partial charge on any atom is 0.329 e. The third kappa shape index (κ3) is 7.27. The molecular weight excluding hydrogens is 350 g/mol. The Labute approximate surface area is 158 Å². The smallest absolute Gasteiger partial charge is 0.329 e. The number of rotatable bonds is 7. The minimum Gasteiger partial charge on any atom is -0.335 e. The van der Waals surface area contributed by atoms with Gasteiger partial charge in [-0.25, -0.2) is 5.43 Å². The van der Waals surface area contributed by atoms with E-state index in [1.165, 1.54) is 11.8 Å². The highest BCUT2D eigenvalue weighted by molar-refractivity contribution is 6.35. The summed E-state index contributed by atoms with van der Waals surface area (Å²) in [7, 11) is 0. The summed E-state index contributed by atoms with van der Waals surface area (Å²) >= 11 is 0. The molecule has 1 rings (SSSR count). The summed E-state index contributed by atoms with van der Waals surface area (Å²) in [5.74, 6) is -2.16. The van der Waals surface area contributed by atoms with Crippen molar-refractivity contribution in [2.75, 3.05) is 23.7 Å². The van der Waals surface area contributed by atoms with Crippen LogP contribution in [-0.4, -0.2) is 47.3 Å². The van der Waals surface area contributed by atoms with Crippen LogP contribution in [0.2, 0.25) is 0 Å². The molecule has 0 aliphatic rings. The van der Waals surface area contributed by atoms with E-state index in [1.54, 1.807) is 45.0 Å². The molecule has 3 N–H and O–H groups in total. The number of carbonyl (C=O) groups excluding carboxylic acids is 4. The standard InChI is InChI=1S/C18H25N5O4/c1-5-23(6-2)18(27)17(26)22-21-12(3)11-16(25)20-15-10-8-7-9-14(15)19-13(4)24/h7-10H,5-6,11H2,1-4H3,(H,19,24)(H,20,25)(H,22,26). The summed E-state index contributed by atoms with van der Waals surface area (Å²) in [5.41, 5.74) is 3.41. The van der Waals surface area contributed by atoms with Crippen molar-refractivity contribution in [2.24, 2.45) is 5.10 Å². The molecule has 0 aromatic heterocycles. The molecule has 0 aliphatic carbocycles. The van der Waals surface area contributed by atoms with Gasteiger partial charge in [0.1, 0.15) is 0 Å². The molecule has 0 bridgehead atoms. The first-order valence-corrected chi connectivity index (χ1v) is 8.57. The lowest BCUT2D eigenvalue weighted by Crippen LogP contribution is -2.41. The van der Waals surface area contributed by atoms with Crippen molar-refractivity contribution in [2.45, 2.75) is 34.1 Å². The van der Waals surface area contributed by atoms with Gasteiger partial charge in [-0.05, 0) is 32.9 Å². The van der Waals surface area contributed by atoms with Crippen LogP contribution in [0.4, 0.5) is 11.4 Å². The SMILES string of the molecule is CCN(CC)C(=O)C(=O)NN=C(C)CC(=O)Nc1ccccc1NC(C)=O. The quantitative estimate of drug-likeness (QED) is 0.378. The summed E-state index contributed by atoms with van der Waals surface area (Å²) in [6, 6.07) is 6.77. The van der Waals surface area contributed by atoms with Gasteiger partial charge in [-0.15, -0.1) is 0 Å². The van der Waals surface area contributed by atoms with Crippen molar-refractivity contribution >= 4 is 40.7 Å². The number of nitrogens with zero attached hydrogens (tertiary/aromatic N) is 2. The fourth-order valence-corrected chi connectivity index (χ4v) is 2.21. The molecule has 0 fully saturated rings. The molecule has 0 spiro atoms. The molecule has 0 saturated heterocycles. The zero-order valence-electron chi connectivity index (χ0n) is 16.0. The summed E-state index contributed by atoms with van der Waals surface area (Å²) < 4.78 is 0. The van der Waals surface area contributed by atoms with Gasteiger partial charge in [0.25, 0.3) is 0 Å². The van der Waals surface area contributed by atoms with Crippen molar-refractivity contribution < 1.29 is 19.2 Å². The highest BCUT2D eigenvalue weighted by Gasteiger charge is 2.18. The molecule has 0 atom stereocenters. The predicted molar refractivity (Wildman–Crippen MR) is 103 cm³/mol. The second-order valence-corrected chi connectivity index (χ2v) is 5.72.